The van der Waals surface area contributed by atoms with Crippen LogP contribution in [0.3, 0.4) is 0 Å². The number of hydrogen-bond donors (Lipinski definition) is 0. The van der Waals surface area contributed by atoms with Crippen molar-refractivity contribution in [3.05, 3.63) is 25.3 Å². The van der Waals surface area contributed by atoms with E-state index >= 15 is 0 Å². The molecule has 37 valence electrons. The first kappa shape index (κ1) is 7.08. The second-order valence-electron chi connectivity index (χ2n) is 1.12. The van der Waals surface area contributed by atoms with E-state index in [1.54, 1.807) is 12.2 Å². The summed E-state index contributed by atoms with van der Waals surface area (Å²) < 4.78 is 10.2. The first-order valence-electron chi connectivity index (χ1n) is 1.98. The monoisotopic (exact) mass is 203 g/mol. The Labute approximate surface area is 53.7 Å². The molecule has 0 heterocycles. The van der Waals surface area contributed by atoms with Crippen LogP contribution in [0.4, 0.5) is 0 Å². The van der Waals surface area contributed by atoms with Crippen molar-refractivity contribution in [3.63, 3.8) is 0 Å². The molecule has 0 aliphatic rings. The summed E-state index contributed by atoms with van der Waals surface area (Å²) in [7, 11) is 0. The van der Waals surface area contributed by atoms with Crippen molar-refractivity contribution < 1.29 is 3.08 Å². The van der Waals surface area contributed by atoms with E-state index in [2.05, 4.69) is 13.2 Å². The van der Waals surface area contributed by atoms with Gasteiger partial charge in [0, 0.05) is 0 Å². The van der Waals surface area contributed by atoms with Crippen LogP contribution < -0.4 is 0 Å². The van der Waals surface area contributed by atoms with E-state index < -0.39 is 21.1 Å². The van der Waals surface area contributed by atoms with Crippen molar-refractivity contribution in [2.75, 3.05) is 0 Å². The van der Waals surface area contributed by atoms with Crippen LogP contribution in [0.5, 0.6) is 0 Å². The third-order valence-electron chi connectivity index (χ3n) is 0.644. The zero-order chi connectivity index (χ0) is 5.70. The normalized spacial score (nSPS) is 8.14. The van der Waals surface area contributed by atoms with Gasteiger partial charge in [0.1, 0.15) is 0 Å². The second kappa shape index (κ2) is 4.24. The second-order valence-corrected chi connectivity index (χ2v) is 3.69. The van der Waals surface area contributed by atoms with Gasteiger partial charge in [0.2, 0.25) is 0 Å². The summed E-state index contributed by atoms with van der Waals surface area (Å²) in [6, 6.07) is 0. The van der Waals surface area contributed by atoms with Crippen LogP contribution in [-0.4, -0.2) is 21.1 Å². The van der Waals surface area contributed by atoms with Gasteiger partial charge in [-0.05, 0) is 0 Å². The van der Waals surface area contributed by atoms with E-state index in [1.165, 1.54) is 0 Å². The van der Waals surface area contributed by atoms with Crippen LogP contribution in [0, 0.1) is 0 Å². The topological polar surface area (TPSA) is 17.1 Å². The molecule has 0 aliphatic heterocycles. The van der Waals surface area contributed by atoms with Crippen LogP contribution in [0.2, 0.25) is 3.93 Å². The summed E-state index contributed by atoms with van der Waals surface area (Å²) >= 11 is -1.39. The SMILES string of the molecule is C=C[CH](C=C)[Sn]=[O]. The Morgan fingerprint density at radius 1 is 1.43 bits per heavy atom. The van der Waals surface area contributed by atoms with Crippen LogP contribution in [0.1, 0.15) is 0 Å². The number of rotatable bonds is 3. The first-order chi connectivity index (χ1) is 3.35. The summed E-state index contributed by atoms with van der Waals surface area (Å²) in [6.45, 7) is 6.95. The van der Waals surface area contributed by atoms with Gasteiger partial charge >= 0.3 is 53.4 Å². The summed E-state index contributed by atoms with van der Waals surface area (Å²) in [4.78, 5) is 0. The van der Waals surface area contributed by atoms with Crippen molar-refractivity contribution in [1.29, 1.82) is 0 Å². The molecule has 1 nitrogen and oxygen atoms in total. The van der Waals surface area contributed by atoms with Crippen LogP contribution in [-0.2, 0) is 3.08 Å². The zero-order valence-electron chi connectivity index (χ0n) is 4.05. The molecule has 7 heavy (non-hydrogen) atoms. The molecular weight excluding hydrogens is 195 g/mol. The standard InChI is InChI=1S/C5H7.O.Sn/c1-3-5-4-2;;/h3-5H,1-2H2;;. The van der Waals surface area contributed by atoms with E-state index in [0.29, 0.717) is 0 Å². The summed E-state index contributed by atoms with van der Waals surface area (Å²) in [5.41, 5.74) is 0. The molecule has 0 amide bonds. The van der Waals surface area contributed by atoms with Gasteiger partial charge in [-0.2, -0.15) is 0 Å². The van der Waals surface area contributed by atoms with Crippen molar-refractivity contribution in [3.8, 4) is 0 Å². The maximum absolute atomic E-state index is 10.1. The van der Waals surface area contributed by atoms with E-state index in [4.69, 9.17) is 0 Å². The maximum atomic E-state index is 10.1. The Kier molecular flexibility index (Phi) is 4.29. The molecule has 0 fully saturated rings. The fraction of sp³-hybridized carbons (Fsp3) is 0.200. The van der Waals surface area contributed by atoms with E-state index in [-0.39, 0.29) is 3.93 Å². The molecular formula is C5H7OSn. The Morgan fingerprint density at radius 2 is 1.86 bits per heavy atom. The van der Waals surface area contributed by atoms with Gasteiger partial charge in [-0.25, -0.2) is 0 Å². The van der Waals surface area contributed by atoms with Crippen molar-refractivity contribution in [1.82, 2.24) is 0 Å². The minimum atomic E-state index is -1.39. The molecule has 0 aliphatic carbocycles. The Morgan fingerprint density at radius 3 is 1.86 bits per heavy atom. The number of hydrogen-bond acceptors (Lipinski definition) is 1. The average Bonchev–Trinajstić information content (AvgIpc) is 1.72. The van der Waals surface area contributed by atoms with Crippen LogP contribution in [0.15, 0.2) is 25.3 Å². The minimum absolute atomic E-state index is 0.128. The molecule has 0 aromatic carbocycles. The van der Waals surface area contributed by atoms with Gasteiger partial charge in [0.25, 0.3) is 0 Å². The Hall–Kier alpha value is 0.0787. The fourth-order valence-corrected chi connectivity index (χ4v) is 0.742. The predicted molar refractivity (Wildman–Crippen MR) is 30.6 cm³/mol. The van der Waals surface area contributed by atoms with Crippen molar-refractivity contribution >= 4 is 21.1 Å². The molecule has 0 aromatic heterocycles. The summed E-state index contributed by atoms with van der Waals surface area (Å²) in [6.07, 6.45) is 3.35. The third-order valence-corrected chi connectivity index (χ3v) is 2.77. The molecule has 0 bridgehead atoms. The van der Waals surface area contributed by atoms with Gasteiger partial charge in [-0.15, -0.1) is 0 Å². The quantitative estimate of drug-likeness (QED) is 0.496. The average molecular weight is 202 g/mol. The van der Waals surface area contributed by atoms with Gasteiger partial charge in [-0.3, -0.25) is 0 Å². The summed E-state index contributed by atoms with van der Waals surface area (Å²) in [5.74, 6) is 0. The molecule has 1 radical (unpaired) electrons. The molecule has 0 aromatic rings. The van der Waals surface area contributed by atoms with Gasteiger partial charge in [-0.1, -0.05) is 0 Å². The van der Waals surface area contributed by atoms with Crippen molar-refractivity contribution in [2.45, 2.75) is 3.93 Å². The van der Waals surface area contributed by atoms with E-state index in [1.807, 2.05) is 0 Å². The summed E-state index contributed by atoms with van der Waals surface area (Å²) in [5, 5.41) is 0. The molecule has 0 N–H and O–H groups in total. The van der Waals surface area contributed by atoms with Gasteiger partial charge in [0.15, 0.2) is 0 Å². The van der Waals surface area contributed by atoms with Gasteiger partial charge in [0.05, 0.1) is 0 Å². The number of allylic oxidation sites excluding steroid dienone is 2. The molecule has 0 saturated carbocycles. The van der Waals surface area contributed by atoms with Crippen LogP contribution in [0.25, 0.3) is 0 Å². The Balaban J connectivity index is 3.57. The first-order valence-corrected chi connectivity index (χ1v) is 4.79. The molecule has 0 spiro atoms. The van der Waals surface area contributed by atoms with E-state index in [9.17, 15) is 3.08 Å². The Bertz CT molecular complexity index is 69.1. The molecule has 0 unspecified atom stereocenters. The predicted octanol–water partition coefficient (Wildman–Crippen LogP) is 1.20. The van der Waals surface area contributed by atoms with E-state index in [0.717, 1.165) is 0 Å². The molecule has 0 saturated heterocycles. The van der Waals surface area contributed by atoms with Crippen molar-refractivity contribution in [2.24, 2.45) is 0 Å². The van der Waals surface area contributed by atoms with Gasteiger partial charge < -0.3 is 0 Å². The zero-order valence-corrected chi connectivity index (χ0v) is 6.91. The molecule has 2 heteroatoms. The molecule has 0 rings (SSSR count). The third kappa shape index (κ3) is 2.74. The molecule has 0 atom stereocenters. The fourth-order valence-electron chi connectivity index (χ4n) is 0.192. The van der Waals surface area contributed by atoms with Crippen LogP contribution >= 0.6 is 0 Å².